The monoisotopic (exact) mass is 443 g/mol. The number of thiophene rings is 1. The number of aromatic nitrogens is 2. The van der Waals surface area contributed by atoms with Crippen molar-refractivity contribution >= 4 is 43.4 Å². The van der Waals surface area contributed by atoms with Crippen molar-refractivity contribution in [1.82, 2.24) is 14.9 Å². The predicted octanol–water partition coefficient (Wildman–Crippen LogP) is 4.98. The molecule has 3 aromatic heterocycles. The summed E-state index contributed by atoms with van der Waals surface area (Å²) in [7, 11) is 0. The highest BCUT2D eigenvalue weighted by molar-refractivity contribution is 9.11. The van der Waals surface area contributed by atoms with E-state index >= 15 is 0 Å². The number of rotatable bonds is 5. The van der Waals surface area contributed by atoms with Crippen LogP contribution >= 0.6 is 27.3 Å². The number of benzene rings is 1. The molecule has 0 aliphatic heterocycles. The molecule has 3 heterocycles. The van der Waals surface area contributed by atoms with Gasteiger partial charge in [0, 0.05) is 24.5 Å². The van der Waals surface area contributed by atoms with E-state index in [4.69, 9.17) is 0 Å². The maximum atomic E-state index is 14.2. The van der Waals surface area contributed by atoms with Gasteiger partial charge in [0.2, 0.25) is 0 Å². The van der Waals surface area contributed by atoms with E-state index in [-0.39, 0.29) is 18.3 Å². The molecule has 0 atom stereocenters. The van der Waals surface area contributed by atoms with Crippen LogP contribution in [0.3, 0.4) is 0 Å². The highest BCUT2D eigenvalue weighted by Crippen LogP contribution is 2.33. The van der Waals surface area contributed by atoms with Gasteiger partial charge in [-0.2, -0.15) is 0 Å². The fourth-order valence-corrected chi connectivity index (χ4v) is 4.51. The van der Waals surface area contributed by atoms with Crippen molar-refractivity contribution in [2.24, 2.45) is 0 Å². The molecule has 0 saturated carbocycles. The Bertz CT molecular complexity index is 1110. The van der Waals surface area contributed by atoms with Gasteiger partial charge in [-0.05, 0) is 45.8 Å². The molecule has 0 unspecified atom stereocenters. The minimum absolute atomic E-state index is 0.199. The van der Waals surface area contributed by atoms with Gasteiger partial charge in [-0.3, -0.25) is 9.78 Å². The van der Waals surface area contributed by atoms with Gasteiger partial charge in [-0.1, -0.05) is 24.3 Å². The van der Waals surface area contributed by atoms with Crippen LogP contribution in [-0.2, 0) is 13.1 Å². The molecule has 1 aromatic carbocycles. The number of carbonyl (C=O) groups excluding carboxylic acids is 1. The van der Waals surface area contributed by atoms with Crippen LogP contribution in [0, 0.1) is 5.82 Å². The Morgan fingerprint density at radius 3 is 2.85 bits per heavy atom. The lowest BCUT2D eigenvalue weighted by atomic mass is 10.2. The molecule has 0 radical (unpaired) electrons. The number of nitrogens with zero attached hydrogens (tertiary/aromatic N) is 2. The average Bonchev–Trinajstić information content (AvgIpc) is 3.19. The van der Waals surface area contributed by atoms with Gasteiger partial charge in [-0.25, -0.2) is 4.39 Å². The van der Waals surface area contributed by atoms with Gasteiger partial charge in [0.1, 0.15) is 11.5 Å². The van der Waals surface area contributed by atoms with E-state index in [1.54, 1.807) is 41.9 Å². The number of fused-ring (bicyclic) bond motifs is 1. The van der Waals surface area contributed by atoms with Crippen LogP contribution in [0.5, 0.6) is 0 Å². The van der Waals surface area contributed by atoms with Crippen molar-refractivity contribution in [2.45, 2.75) is 13.1 Å². The van der Waals surface area contributed by atoms with E-state index in [0.29, 0.717) is 17.8 Å². The number of carbonyl (C=O) groups is 1. The van der Waals surface area contributed by atoms with Gasteiger partial charge in [-0.15, -0.1) is 11.3 Å². The smallest absolute Gasteiger partial charge is 0.268 e. The molecular weight excluding hydrogens is 429 g/mol. The molecule has 1 amide bonds. The quantitative estimate of drug-likeness (QED) is 0.472. The molecule has 4 rings (SSSR count). The summed E-state index contributed by atoms with van der Waals surface area (Å²) in [6.45, 7) is 0.671. The summed E-state index contributed by atoms with van der Waals surface area (Å²) >= 11 is 5.03. The number of halogens is 2. The zero-order valence-corrected chi connectivity index (χ0v) is 16.6. The third-order valence-corrected chi connectivity index (χ3v) is 5.83. The Balaban J connectivity index is 1.66. The van der Waals surface area contributed by atoms with E-state index in [1.807, 2.05) is 28.8 Å². The van der Waals surface area contributed by atoms with Crippen LogP contribution in [0.1, 0.15) is 21.6 Å². The lowest BCUT2D eigenvalue weighted by Crippen LogP contribution is -2.25. The first-order valence-corrected chi connectivity index (χ1v) is 9.92. The average molecular weight is 444 g/mol. The van der Waals surface area contributed by atoms with Crippen molar-refractivity contribution in [3.8, 4) is 0 Å². The summed E-state index contributed by atoms with van der Waals surface area (Å²) in [5.74, 6) is -0.481. The predicted molar refractivity (Wildman–Crippen MR) is 108 cm³/mol. The molecule has 136 valence electrons. The lowest BCUT2D eigenvalue weighted by molar-refractivity contribution is 0.0942. The zero-order valence-electron chi connectivity index (χ0n) is 14.2. The summed E-state index contributed by atoms with van der Waals surface area (Å²) in [5, 5.41) is 2.92. The molecule has 4 aromatic rings. The van der Waals surface area contributed by atoms with Crippen molar-refractivity contribution in [3.05, 3.63) is 87.3 Å². The molecule has 0 aliphatic rings. The van der Waals surface area contributed by atoms with E-state index in [9.17, 15) is 9.18 Å². The van der Waals surface area contributed by atoms with Crippen LogP contribution in [0.15, 0.2) is 64.7 Å². The molecule has 0 aliphatic carbocycles. The van der Waals surface area contributed by atoms with Gasteiger partial charge in [0.05, 0.1) is 20.5 Å². The molecule has 27 heavy (non-hydrogen) atoms. The SMILES string of the molecule is O=C(NCc1cccnc1)c1cc2sc(Br)cc2n1Cc1ccccc1F. The van der Waals surface area contributed by atoms with E-state index < -0.39 is 0 Å². The van der Waals surface area contributed by atoms with E-state index in [1.165, 1.54) is 6.07 Å². The molecule has 4 nitrogen and oxygen atoms in total. The summed E-state index contributed by atoms with van der Waals surface area (Å²) in [5.41, 5.74) is 2.87. The third-order valence-electron chi connectivity index (χ3n) is 4.25. The number of hydrogen-bond donors (Lipinski definition) is 1. The second-order valence-electron chi connectivity index (χ2n) is 6.05. The molecule has 7 heteroatoms. The number of pyridine rings is 1. The maximum Gasteiger partial charge on any atom is 0.268 e. The van der Waals surface area contributed by atoms with Gasteiger partial charge in [0.25, 0.3) is 5.91 Å². The Morgan fingerprint density at radius 2 is 2.07 bits per heavy atom. The summed E-state index contributed by atoms with van der Waals surface area (Å²) in [6.07, 6.45) is 3.41. The Hall–Kier alpha value is -2.51. The molecule has 0 spiro atoms. The lowest BCUT2D eigenvalue weighted by Gasteiger charge is -2.11. The van der Waals surface area contributed by atoms with Crippen molar-refractivity contribution in [3.63, 3.8) is 0 Å². The molecule has 0 fully saturated rings. The fourth-order valence-electron chi connectivity index (χ4n) is 2.94. The molecule has 1 N–H and O–H groups in total. The number of nitrogens with one attached hydrogen (secondary N) is 1. The van der Waals surface area contributed by atoms with Gasteiger partial charge >= 0.3 is 0 Å². The normalized spacial score (nSPS) is 11.0. The number of hydrogen-bond acceptors (Lipinski definition) is 3. The first kappa shape index (κ1) is 17.9. The largest absolute Gasteiger partial charge is 0.347 e. The standard InChI is InChI=1S/C20H15BrFN3OS/c21-19-9-16-18(27-19)8-17(20(26)24-11-13-4-3-7-23-10-13)25(16)12-14-5-1-2-6-15(14)22/h1-10H,11-12H2,(H,24,26). The fraction of sp³-hybridized carbons (Fsp3) is 0.100. The van der Waals surface area contributed by atoms with Gasteiger partial charge in [0.15, 0.2) is 0 Å². The maximum absolute atomic E-state index is 14.2. The molecular formula is C20H15BrFN3OS. The van der Waals surface area contributed by atoms with Gasteiger partial charge < -0.3 is 9.88 Å². The minimum atomic E-state index is -0.282. The van der Waals surface area contributed by atoms with Crippen LogP contribution < -0.4 is 5.32 Å². The zero-order chi connectivity index (χ0) is 18.8. The Labute approximate surface area is 167 Å². The van der Waals surface area contributed by atoms with Crippen LogP contribution in [0.25, 0.3) is 10.2 Å². The summed E-state index contributed by atoms with van der Waals surface area (Å²) in [4.78, 5) is 16.9. The second kappa shape index (κ2) is 7.62. The number of amides is 1. The summed E-state index contributed by atoms with van der Waals surface area (Å²) < 4.78 is 18.0. The van der Waals surface area contributed by atoms with E-state index in [0.717, 1.165) is 19.6 Å². The molecule has 0 saturated heterocycles. The van der Waals surface area contributed by atoms with Crippen LogP contribution in [0.2, 0.25) is 0 Å². The topological polar surface area (TPSA) is 46.9 Å². The molecule has 0 bridgehead atoms. The Morgan fingerprint density at radius 1 is 1.22 bits per heavy atom. The summed E-state index contributed by atoms with van der Waals surface area (Å²) in [6, 6.07) is 14.2. The minimum Gasteiger partial charge on any atom is -0.347 e. The first-order chi connectivity index (χ1) is 13.1. The van der Waals surface area contributed by atoms with Crippen molar-refractivity contribution in [1.29, 1.82) is 0 Å². The highest BCUT2D eigenvalue weighted by Gasteiger charge is 2.18. The highest BCUT2D eigenvalue weighted by atomic mass is 79.9. The Kier molecular flexibility index (Phi) is 5.05. The van der Waals surface area contributed by atoms with Crippen molar-refractivity contribution < 1.29 is 9.18 Å². The van der Waals surface area contributed by atoms with Crippen LogP contribution in [0.4, 0.5) is 4.39 Å². The van der Waals surface area contributed by atoms with Crippen LogP contribution in [-0.4, -0.2) is 15.5 Å². The first-order valence-electron chi connectivity index (χ1n) is 8.31. The second-order valence-corrected chi connectivity index (χ2v) is 8.51. The third kappa shape index (κ3) is 3.79. The van der Waals surface area contributed by atoms with Crippen molar-refractivity contribution in [2.75, 3.05) is 0 Å². The van der Waals surface area contributed by atoms with E-state index in [2.05, 4.69) is 26.2 Å².